The number of aromatic nitrogens is 5. The summed E-state index contributed by atoms with van der Waals surface area (Å²) in [6, 6.07) is 1.75. The van der Waals surface area contributed by atoms with Crippen molar-refractivity contribution < 1.29 is 0 Å². The van der Waals surface area contributed by atoms with Crippen molar-refractivity contribution in [3.05, 3.63) is 29.9 Å². The zero-order valence-corrected chi connectivity index (χ0v) is 8.40. The summed E-state index contributed by atoms with van der Waals surface area (Å²) < 4.78 is 0. The Bertz CT molecular complexity index is 423. The van der Waals surface area contributed by atoms with Crippen LogP contribution in [-0.4, -0.2) is 25.1 Å². The van der Waals surface area contributed by atoms with E-state index in [1.807, 2.05) is 0 Å². The molecule has 0 fully saturated rings. The second kappa shape index (κ2) is 4.30. The van der Waals surface area contributed by atoms with E-state index >= 15 is 0 Å². The predicted molar refractivity (Wildman–Crippen MR) is 51.0 cm³/mol. The second-order valence-electron chi connectivity index (χ2n) is 2.20. The molecule has 0 aliphatic carbocycles. The highest BCUT2D eigenvalue weighted by Gasteiger charge is 2.02. The fourth-order valence-corrected chi connectivity index (χ4v) is 1.58. The zero-order valence-electron chi connectivity index (χ0n) is 6.83. The van der Waals surface area contributed by atoms with Gasteiger partial charge in [0.15, 0.2) is 5.16 Å². The summed E-state index contributed by atoms with van der Waals surface area (Å²) in [4.78, 5) is 12.0. The third-order valence-electron chi connectivity index (χ3n) is 1.25. The zero-order chi connectivity index (χ0) is 9.80. The topological polar surface area (TPSA) is 64.5 Å². The highest BCUT2D eigenvalue weighted by molar-refractivity contribution is 7.99. The summed E-state index contributed by atoms with van der Waals surface area (Å²) >= 11 is 6.85. The van der Waals surface area contributed by atoms with Crippen LogP contribution in [0.5, 0.6) is 0 Å². The Hall–Kier alpha value is -1.27. The maximum Gasteiger partial charge on any atom is 0.244 e. The van der Waals surface area contributed by atoms with Crippen LogP contribution < -0.4 is 0 Å². The van der Waals surface area contributed by atoms with Gasteiger partial charge in [0.05, 0.1) is 6.20 Å². The molecule has 0 saturated carbocycles. The van der Waals surface area contributed by atoms with Crippen molar-refractivity contribution in [1.82, 2.24) is 25.1 Å². The lowest BCUT2D eigenvalue weighted by atomic mass is 10.7. The molecule has 2 rings (SSSR count). The fraction of sp³-hybridized carbons (Fsp3) is 0. The van der Waals surface area contributed by atoms with Gasteiger partial charge in [0.2, 0.25) is 5.28 Å². The van der Waals surface area contributed by atoms with E-state index in [1.165, 1.54) is 18.0 Å². The molecule has 7 heteroatoms. The van der Waals surface area contributed by atoms with E-state index in [1.54, 1.807) is 18.5 Å². The lowest BCUT2D eigenvalue weighted by Gasteiger charge is -1.96. The molecule has 0 unspecified atom stereocenters. The van der Waals surface area contributed by atoms with Gasteiger partial charge in [-0.05, 0) is 29.4 Å². The predicted octanol–water partition coefficient (Wildman–Crippen LogP) is 1.47. The Morgan fingerprint density at radius 1 is 1.21 bits per heavy atom. The Morgan fingerprint density at radius 3 is 2.71 bits per heavy atom. The molecule has 0 aliphatic heterocycles. The minimum Gasteiger partial charge on any atom is -0.231 e. The van der Waals surface area contributed by atoms with Crippen LogP contribution in [-0.2, 0) is 0 Å². The lowest BCUT2D eigenvalue weighted by Crippen LogP contribution is -1.90. The highest BCUT2D eigenvalue weighted by atomic mass is 35.5. The van der Waals surface area contributed by atoms with Gasteiger partial charge in [-0.1, -0.05) is 0 Å². The molecule has 0 spiro atoms. The molecule has 0 saturated heterocycles. The molecule has 2 aromatic heterocycles. The van der Waals surface area contributed by atoms with Crippen LogP contribution in [0, 0.1) is 0 Å². The maximum atomic E-state index is 5.57. The minimum absolute atomic E-state index is 0.117. The van der Waals surface area contributed by atoms with Crippen molar-refractivity contribution in [3.63, 3.8) is 0 Å². The van der Waals surface area contributed by atoms with Gasteiger partial charge in [-0.2, -0.15) is 5.10 Å². The number of rotatable bonds is 2. The molecule has 0 radical (unpaired) electrons. The number of hydrogen-bond donors (Lipinski definition) is 0. The third kappa shape index (κ3) is 2.36. The summed E-state index contributed by atoms with van der Waals surface area (Å²) in [5.74, 6) is 0. The first-order chi connectivity index (χ1) is 6.84. The Kier molecular flexibility index (Phi) is 2.85. The molecule has 5 nitrogen and oxygen atoms in total. The summed E-state index contributed by atoms with van der Waals surface area (Å²) in [6.07, 6.45) is 4.82. The van der Waals surface area contributed by atoms with Gasteiger partial charge in [0, 0.05) is 12.4 Å². The van der Waals surface area contributed by atoms with Crippen LogP contribution in [0.2, 0.25) is 5.28 Å². The molecule has 0 aromatic carbocycles. The quantitative estimate of drug-likeness (QED) is 0.721. The number of hydrogen-bond acceptors (Lipinski definition) is 6. The molecule has 70 valence electrons. The van der Waals surface area contributed by atoms with Crippen LogP contribution >= 0.6 is 23.4 Å². The minimum atomic E-state index is 0.117. The Labute approximate surface area is 89.0 Å². The average Bonchev–Trinajstić information content (AvgIpc) is 2.19. The summed E-state index contributed by atoms with van der Waals surface area (Å²) in [7, 11) is 0. The second-order valence-corrected chi connectivity index (χ2v) is 3.52. The van der Waals surface area contributed by atoms with Crippen molar-refractivity contribution in [1.29, 1.82) is 0 Å². The first-order valence-electron chi connectivity index (χ1n) is 3.65. The molecule has 14 heavy (non-hydrogen) atoms. The number of halogens is 1. The molecule has 2 aromatic rings. The fourth-order valence-electron chi connectivity index (χ4n) is 0.749. The maximum absolute atomic E-state index is 5.57. The van der Waals surface area contributed by atoms with E-state index in [9.17, 15) is 0 Å². The first kappa shape index (κ1) is 9.29. The standard InChI is InChI=1S/C7H4ClN5S/c8-6-12-5(4-11-13-6)14-7-9-2-1-3-10-7/h1-4H. The average molecular weight is 226 g/mol. The van der Waals surface area contributed by atoms with Gasteiger partial charge in [0.1, 0.15) is 5.03 Å². The van der Waals surface area contributed by atoms with Gasteiger partial charge >= 0.3 is 0 Å². The van der Waals surface area contributed by atoms with Crippen molar-refractivity contribution in [2.24, 2.45) is 0 Å². The van der Waals surface area contributed by atoms with Crippen molar-refractivity contribution in [2.75, 3.05) is 0 Å². The van der Waals surface area contributed by atoms with Crippen LogP contribution in [0.3, 0.4) is 0 Å². The first-order valence-corrected chi connectivity index (χ1v) is 4.84. The van der Waals surface area contributed by atoms with Gasteiger partial charge in [-0.3, -0.25) is 0 Å². The molecular formula is C7H4ClN5S. The Balaban J connectivity index is 2.19. The molecular weight excluding hydrogens is 222 g/mol. The molecule has 2 heterocycles. The van der Waals surface area contributed by atoms with E-state index in [0.29, 0.717) is 10.2 Å². The summed E-state index contributed by atoms with van der Waals surface area (Å²) in [6.45, 7) is 0. The van der Waals surface area contributed by atoms with Crippen molar-refractivity contribution in [2.45, 2.75) is 10.2 Å². The molecule has 0 bridgehead atoms. The summed E-state index contributed by atoms with van der Waals surface area (Å²) in [5.41, 5.74) is 0. The SMILES string of the molecule is Clc1nncc(Sc2ncccn2)n1. The van der Waals surface area contributed by atoms with Crippen LogP contribution in [0.15, 0.2) is 34.8 Å². The summed E-state index contributed by atoms with van der Waals surface area (Å²) in [5, 5.41) is 8.53. The van der Waals surface area contributed by atoms with Crippen molar-refractivity contribution >= 4 is 23.4 Å². The monoisotopic (exact) mass is 225 g/mol. The molecule has 0 amide bonds. The van der Waals surface area contributed by atoms with E-state index < -0.39 is 0 Å². The van der Waals surface area contributed by atoms with Crippen molar-refractivity contribution in [3.8, 4) is 0 Å². The van der Waals surface area contributed by atoms with E-state index in [2.05, 4.69) is 25.1 Å². The van der Waals surface area contributed by atoms with E-state index in [-0.39, 0.29) is 5.28 Å². The van der Waals surface area contributed by atoms with Gasteiger partial charge in [-0.25, -0.2) is 15.0 Å². The smallest absolute Gasteiger partial charge is 0.231 e. The van der Waals surface area contributed by atoms with Gasteiger partial charge in [-0.15, -0.1) is 5.10 Å². The van der Waals surface area contributed by atoms with E-state index in [4.69, 9.17) is 11.6 Å². The van der Waals surface area contributed by atoms with Gasteiger partial charge < -0.3 is 0 Å². The normalized spacial score (nSPS) is 10.1. The lowest BCUT2D eigenvalue weighted by molar-refractivity contribution is 0.894. The van der Waals surface area contributed by atoms with Crippen LogP contribution in [0.4, 0.5) is 0 Å². The largest absolute Gasteiger partial charge is 0.244 e. The van der Waals surface area contributed by atoms with Crippen LogP contribution in [0.25, 0.3) is 0 Å². The van der Waals surface area contributed by atoms with Crippen LogP contribution in [0.1, 0.15) is 0 Å². The van der Waals surface area contributed by atoms with E-state index in [0.717, 1.165) is 0 Å². The third-order valence-corrected chi connectivity index (χ3v) is 2.21. The highest BCUT2D eigenvalue weighted by Crippen LogP contribution is 2.20. The molecule has 0 atom stereocenters. The molecule has 0 N–H and O–H groups in total. The molecule has 0 aliphatic rings. The van der Waals surface area contributed by atoms with Gasteiger partial charge in [0.25, 0.3) is 0 Å². The Morgan fingerprint density at radius 2 is 2.00 bits per heavy atom. The number of nitrogens with zero attached hydrogens (tertiary/aromatic N) is 5.